The third-order valence-corrected chi connectivity index (χ3v) is 5.07. The Bertz CT molecular complexity index is 509. The predicted octanol–water partition coefficient (Wildman–Crippen LogP) is 4.26. The lowest BCUT2D eigenvalue weighted by molar-refractivity contribution is -0.156. The van der Waals surface area contributed by atoms with E-state index >= 15 is 0 Å². The lowest BCUT2D eigenvalue weighted by Crippen LogP contribution is -2.57. The molecule has 0 N–H and O–H groups in total. The number of hydrogen-bond acceptors (Lipinski definition) is 2. The van der Waals surface area contributed by atoms with E-state index in [0.29, 0.717) is 22.4 Å². The van der Waals surface area contributed by atoms with Crippen molar-refractivity contribution in [1.82, 2.24) is 0 Å². The molecule has 2 nitrogen and oxygen atoms in total. The number of rotatable bonds is 2. The topological polar surface area (TPSA) is 26.3 Å². The number of carbonyl (C=O) groups is 1. The van der Waals surface area contributed by atoms with Gasteiger partial charge in [0.15, 0.2) is 0 Å². The Balaban J connectivity index is 1.78. The zero-order chi connectivity index (χ0) is 13.5. The van der Waals surface area contributed by atoms with Crippen molar-refractivity contribution in [2.45, 2.75) is 44.6 Å². The molecule has 2 saturated carbocycles. The van der Waals surface area contributed by atoms with Gasteiger partial charge < -0.3 is 4.74 Å². The number of hydrogen-bond donors (Lipinski definition) is 0. The van der Waals surface area contributed by atoms with Gasteiger partial charge in [0.25, 0.3) is 0 Å². The van der Waals surface area contributed by atoms with Gasteiger partial charge in [0, 0.05) is 6.42 Å². The molecule has 1 aromatic rings. The highest BCUT2D eigenvalue weighted by Crippen LogP contribution is 2.50. The van der Waals surface area contributed by atoms with Crippen molar-refractivity contribution in [1.29, 1.82) is 0 Å². The number of ether oxygens (including phenoxy) is 1. The first kappa shape index (κ1) is 13.1. The third kappa shape index (κ3) is 2.20. The molecular formula is C15H16BrFO2. The largest absolute Gasteiger partial charge is 0.488 e. The van der Waals surface area contributed by atoms with Crippen LogP contribution in [-0.4, -0.2) is 11.9 Å². The van der Waals surface area contributed by atoms with Crippen LogP contribution in [0.15, 0.2) is 22.7 Å². The molecule has 19 heavy (non-hydrogen) atoms. The molecule has 2 aliphatic rings. The summed E-state index contributed by atoms with van der Waals surface area (Å²) < 4.78 is 19.6. The second kappa shape index (κ2) is 4.89. The van der Waals surface area contributed by atoms with Gasteiger partial charge in [0.2, 0.25) is 0 Å². The van der Waals surface area contributed by atoms with Crippen LogP contribution in [0.4, 0.5) is 4.39 Å². The Labute approximate surface area is 120 Å². The van der Waals surface area contributed by atoms with E-state index in [9.17, 15) is 9.18 Å². The molecule has 0 radical (unpaired) electrons. The molecule has 2 aliphatic carbocycles. The number of halogens is 2. The van der Waals surface area contributed by atoms with Crippen molar-refractivity contribution in [3.05, 3.63) is 28.5 Å². The van der Waals surface area contributed by atoms with Crippen LogP contribution in [0.5, 0.6) is 5.75 Å². The number of benzene rings is 1. The summed E-state index contributed by atoms with van der Waals surface area (Å²) in [4.78, 5) is 12.0. The van der Waals surface area contributed by atoms with E-state index in [0.717, 1.165) is 25.7 Å². The van der Waals surface area contributed by atoms with Crippen LogP contribution in [0.2, 0.25) is 0 Å². The number of Topliss-reactive ketones (excluding diaryl/α,β-unsaturated/α-hetero) is 1. The summed E-state index contributed by atoms with van der Waals surface area (Å²) in [6.07, 6.45) is 5.75. The first-order valence-corrected chi connectivity index (χ1v) is 7.56. The van der Waals surface area contributed by atoms with Crippen LogP contribution in [0.25, 0.3) is 0 Å². The zero-order valence-electron chi connectivity index (χ0n) is 10.6. The molecule has 0 amide bonds. The molecule has 0 aromatic heterocycles. The van der Waals surface area contributed by atoms with E-state index in [1.54, 1.807) is 6.07 Å². The predicted molar refractivity (Wildman–Crippen MR) is 73.7 cm³/mol. The van der Waals surface area contributed by atoms with E-state index in [2.05, 4.69) is 15.9 Å². The summed E-state index contributed by atoms with van der Waals surface area (Å²) in [6, 6.07) is 4.40. The van der Waals surface area contributed by atoms with Crippen molar-refractivity contribution in [3.8, 4) is 5.75 Å². The van der Waals surface area contributed by atoms with E-state index in [-0.39, 0.29) is 17.3 Å². The summed E-state index contributed by atoms with van der Waals surface area (Å²) in [7, 11) is 0. The van der Waals surface area contributed by atoms with Crippen molar-refractivity contribution in [3.63, 3.8) is 0 Å². The van der Waals surface area contributed by atoms with Crippen LogP contribution < -0.4 is 4.74 Å². The molecule has 1 unspecified atom stereocenters. The molecule has 2 fully saturated rings. The van der Waals surface area contributed by atoms with E-state index in [4.69, 9.17) is 4.74 Å². The summed E-state index contributed by atoms with van der Waals surface area (Å²) in [5.41, 5.74) is -0.258. The second-order valence-corrected chi connectivity index (χ2v) is 6.38. The molecule has 0 heterocycles. The Hall–Kier alpha value is -0.900. The Morgan fingerprint density at radius 2 is 2.00 bits per heavy atom. The quantitative estimate of drug-likeness (QED) is 0.811. The molecule has 102 valence electrons. The maximum atomic E-state index is 13.1. The van der Waals surface area contributed by atoms with Gasteiger partial charge in [-0.15, -0.1) is 0 Å². The summed E-state index contributed by atoms with van der Waals surface area (Å²) in [5, 5.41) is 0. The molecule has 1 aromatic carbocycles. The van der Waals surface area contributed by atoms with Gasteiger partial charge in [-0.25, -0.2) is 4.39 Å². The van der Waals surface area contributed by atoms with Gasteiger partial charge in [-0.3, -0.25) is 4.79 Å². The van der Waals surface area contributed by atoms with E-state index < -0.39 is 0 Å². The standard InChI is InChI=1S/C15H16BrFO2/c16-11-8-10(17)4-5-12(11)19-14-9-13(18)15(14)6-2-1-3-7-15/h4-5,8,14H,1-3,6-7,9H2. The zero-order valence-corrected chi connectivity index (χ0v) is 12.2. The molecule has 3 rings (SSSR count). The summed E-state index contributed by atoms with van der Waals surface area (Å²) in [5.74, 6) is 0.676. The monoisotopic (exact) mass is 326 g/mol. The van der Waals surface area contributed by atoms with Crippen molar-refractivity contribution >= 4 is 21.7 Å². The fourth-order valence-electron chi connectivity index (χ4n) is 3.28. The molecule has 0 bridgehead atoms. The smallest absolute Gasteiger partial charge is 0.146 e. The van der Waals surface area contributed by atoms with Crippen LogP contribution >= 0.6 is 15.9 Å². The van der Waals surface area contributed by atoms with Gasteiger partial charge >= 0.3 is 0 Å². The maximum Gasteiger partial charge on any atom is 0.146 e. The fraction of sp³-hybridized carbons (Fsp3) is 0.533. The average Bonchev–Trinajstić information content (AvgIpc) is 2.42. The molecular weight excluding hydrogens is 311 g/mol. The van der Waals surface area contributed by atoms with Crippen molar-refractivity contribution in [2.75, 3.05) is 0 Å². The van der Waals surface area contributed by atoms with Crippen LogP contribution in [0.1, 0.15) is 38.5 Å². The van der Waals surface area contributed by atoms with Crippen LogP contribution in [-0.2, 0) is 4.79 Å². The highest BCUT2D eigenvalue weighted by Gasteiger charge is 2.56. The maximum absolute atomic E-state index is 13.1. The summed E-state index contributed by atoms with van der Waals surface area (Å²) in [6.45, 7) is 0. The minimum absolute atomic E-state index is 0.0398. The van der Waals surface area contributed by atoms with Gasteiger partial charge in [0.05, 0.1) is 9.89 Å². The van der Waals surface area contributed by atoms with Crippen molar-refractivity contribution < 1.29 is 13.9 Å². The summed E-state index contributed by atoms with van der Waals surface area (Å²) >= 11 is 3.31. The lowest BCUT2D eigenvalue weighted by Gasteiger charge is -2.49. The Kier molecular flexibility index (Phi) is 3.37. The molecule has 1 spiro atoms. The third-order valence-electron chi connectivity index (χ3n) is 4.45. The van der Waals surface area contributed by atoms with Crippen molar-refractivity contribution in [2.24, 2.45) is 5.41 Å². The van der Waals surface area contributed by atoms with Gasteiger partial charge in [-0.1, -0.05) is 19.3 Å². The van der Waals surface area contributed by atoms with Crippen LogP contribution in [0.3, 0.4) is 0 Å². The minimum atomic E-state index is -0.295. The number of ketones is 1. The molecule has 0 saturated heterocycles. The van der Waals surface area contributed by atoms with Gasteiger partial charge in [-0.2, -0.15) is 0 Å². The van der Waals surface area contributed by atoms with Gasteiger partial charge in [0.1, 0.15) is 23.5 Å². The van der Waals surface area contributed by atoms with Gasteiger partial charge in [-0.05, 0) is 47.0 Å². The van der Waals surface area contributed by atoms with Crippen LogP contribution in [0, 0.1) is 11.2 Å². The lowest BCUT2D eigenvalue weighted by atomic mass is 9.57. The first-order valence-electron chi connectivity index (χ1n) is 6.77. The number of carbonyl (C=O) groups excluding carboxylic acids is 1. The normalized spacial score (nSPS) is 25.2. The first-order chi connectivity index (χ1) is 9.12. The van der Waals surface area contributed by atoms with E-state index in [1.165, 1.54) is 18.6 Å². The van der Waals surface area contributed by atoms with E-state index in [1.807, 2.05) is 0 Å². The average molecular weight is 327 g/mol. The second-order valence-electron chi connectivity index (χ2n) is 5.53. The molecule has 0 aliphatic heterocycles. The highest BCUT2D eigenvalue weighted by molar-refractivity contribution is 9.10. The molecule has 4 heteroatoms. The molecule has 1 atom stereocenters. The minimum Gasteiger partial charge on any atom is -0.488 e. The fourth-order valence-corrected chi connectivity index (χ4v) is 3.72. The highest BCUT2D eigenvalue weighted by atomic mass is 79.9. The Morgan fingerprint density at radius 3 is 2.63 bits per heavy atom. The SMILES string of the molecule is O=C1CC(Oc2ccc(F)cc2Br)C12CCCCC2. The Morgan fingerprint density at radius 1 is 1.26 bits per heavy atom.